The quantitative estimate of drug-likeness (QED) is 0.104. The van der Waals surface area contributed by atoms with Crippen LogP contribution >= 0.6 is 0 Å². The van der Waals surface area contributed by atoms with Crippen LogP contribution in [0.4, 0.5) is 4.79 Å². The molecule has 298 valence electrons. The van der Waals surface area contributed by atoms with Crippen LogP contribution < -0.4 is 26.6 Å². The molecule has 0 aromatic heterocycles. The summed E-state index contributed by atoms with van der Waals surface area (Å²) in [5.74, 6) is -4.08. The van der Waals surface area contributed by atoms with E-state index in [4.69, 9.17) is 9.47 Å². The Morgan fingerprint density at radius 2 is 1.17 bits per heavy atom. The number of rotatable bonds is 21. The van der Waals surface area contributed by atoms with E-state index in [2.05, 4.69) is 26.6 Å². The lowest BCUT2D eigenvalue weighted by Crippen LogP contribution is -2.56. The van der Waals surface area contributed by atoms with Gasteiger partial charge in [0.05, 0.1) is 19.3 Å². The maximum absolute atomic E-state index is 13.7. The Kier molecular flexibility index (Phi) is 19.2. The Hall–Kier alpha value is -4.98. The van der Waals surface area contributed by atoms with Crippen molar-refractivity contribution in [2.24, 2.45) is 17.8 Å². The van der Waals surface area contributed by atoms with Crippen molar-refractivity contribution in [3.05, 3.63) is 71.8 Å². The minimum absolute atomic E-state index is 0.0229. The number of methoxy groups -OCH3 is 1. The van der Waals surface area contributed by atoms with Crippen LogP contribution in [-0.2, 0) is 46.5 Å². The smallest absolute Gasteiger partial charge is 0.408 e. The van der Waals surface area contributed by atoms with Gasteiger partial charge in [-0.3, -0.25) is 19.2 Å². The molecule has 0 aliphatic rings. The summed E-state index contributed by atoms with van der Waals surface area (Å²) in [5, 5.41) is 25.0. The zero-order chi connectivity index (χ0) is 40.4. The zero-order valence-corrected chi connectivity index (χ0v) is 32.7. The first-order valence-corrected chi connectivity index (χ1v) is 18.6. The Balaban J connectivity index is 2.13. The first-order valence-electron chi connectivity index (χ1n) is 18.6. The van der Waals surface area contributed by atoms with Crippen molar-refractivity contribution in [3.8, 4) is 0 Å². The van der Waals surface area contributed by atoms with E-state index in [0.29, 0.717) is 12.8 Å². The van der Waals surface area contributed by atoms with Crippen LogP contribution in [0.5, 0.6) is 0 Å². The van der Waals surface area contributed by atoms with Gasteiger partial charge in [-0.1, -0.05) is 102 Å². The lowest BCUT2D eigenvalue weighted by Gasteiger charge is -2.30. The summed E-state index contributed by atoms with van der Waals surface area (Å²) >= 11 is 0. The van der Waals surface area contributed by atoms with Gasteiger partial charge in [-0.05, 0) is 56.1 Å². The minimum atomic E-state index is -1.20. The molecule has 0 radical (unpaired) electrons. The first-order chi connectivity index (χ1) is 25.6. The van der Waals surface area contributed by atoms with Gasteiger partial charge in [0.15, 0.2) is 0 Å². The predicted octanol–water partition coefficient (Wildman–Crippen LogP) is 3.16. The number of carbonyl (C=O) groups is 6. The van der Waals surface area contributed by atoms with Gasteiger partial charge in [0.2, 0.25) is 23.6 Å². The number of esters is 1. The van der Waals surface area contributed by atoms with Crippen molar-refractivity contribution in [1.82, 2.24) is 26.6 Å². The average Bonchev–Trinajstić information content (AvgIpc) is 3.14. The summed E-state index contributed by atoms with van der Waals surface area (Å²) in [6.45, 7) is 12.0. The highest BCUT2D eigenvalue weighted by molar-refractivity contribution is 5.92. The lowest BCUT2D eigenvalue weighted by molar-refractivity contribution is -0.147. The molecule has 14 nitrogen and oxygen atoms in total. The third-order valence-corrected chi connectivity index (χ3v) is 8.98. The van der Waals surface area contributed by atoms with E-state index < -0.39 is 77.9 Å². The molecule has 0 saturated heterocycles. The van der Waals surface area contributed by atoms with Crippen molar-refractivity contribution >= 4 is 35.7 Å². The minimum Gasteiger partial charge on any atom is -0.467 e. The number of amides is 5. The molecule has 2 aromatic rings. The van der Waals surface area contributed by atoms with Gasteiger partial charge >= 0.3 is 12.1 Å². The summed E-state index contributed by atoms with van der Waals surface area (Å²) in [7, 11) is 1.24. The summed E-state index contributed by atoms with van der Waals surface area (Å²) < 4.78 is 10.0. The molecule has 2 unspecified atom stereocenters. The van der Waals surface area contributed by atoms with Crippen molar-refractivity contribution in [3.63, 3.8) is 0 Å². The fraction of sp³-hybridized carbons (Fsp3) is 0.550. The Labute approximate surface area is 318 Å². The highest BCUT2D eigenvalue weighted by Crippen LogP contribution is 2.20. The van der Waals surface area contributed by atoms with E-state index in [1.54, 1.807) is 39.8 Å². The normalized spacial score (nSPS) is 15.0. The summed E-state index contributed by atoms with van der Waals surface area (Å²) in [6.07, 6.45) is -0.809. The van der Waals surface area contributed by atoms with E-state index in [9.17, 15) is 33.9 Å². The Morgan fingerprint density at radius 3 is 1.70 bits per heavy atom. The second kappa shape index (κ2) is 22.9. The van der Waals surface area contributed by atoms with Crippen LogP contribution in [0, 0.1) is 17.8 Å². The van der Waals surface area contributed by atoms with E-state index in [1.807, 2.05) is 55.5 Å². The average molecular weight is 754 g/mol. The van der Waals surface area contributed by atoms with Crippen LogP contribution in [0.1, 0.15) is 78.9 Å². The second-order valence-electron chi connectivity index (χ2n) is 14.2. The standard InChI is InChI=1S/C40H59N5O9/c1-9-16-30(37(49)44-33(24(2)3)38(50)45-34(25(4)5)39(51)53-8)22-32(46)31(21-28-17-12-10-13-18-28)43-36(48)26(6)41-35(47)27(7)42-40(52)54-23-29-19-14-11-15-20-29/h10-15,17-20,24-27,30-34,46H,9,16,21-23H2,1-8H3,(H,41,47)(H,42,52)(H,43,48)(H,44,49)(H,45,50)/t26-,27-,30?,31-,32-,33+,34?/m0/s1. The van der Waals surface area contributed by atoms with Crippen LogP contribution in [0.3, 0.4) is 0 Å². The molecule has 0 bridgehead atoms. The molecule has 2 rings (SSSR count). The van der Waals surface area contributed by atoms with Crippen LogP contribution in [0.15, 0.2) is 60.7 Å². The van der Waals surface area contributed by atoms with Crippen LogP contribution in [0.2, 0.25) is 0 Å². The molecule has 2 aromatic carbocycles. The van der Waals surface area contributed by atoms with E-state index in [-0.39, 0.29) is 31.3 Å². The molecule has 0 aliphatic carbocycles. The third-order valence-electron chi connectivity index (χ3n) is 8.98. The topological polar surface area (TPSA) is 201 Å². The van der Waals surface area contributed by atoms with Crippen LogP contribution in [0.25, 0.3) is 0 Å². The molecule has 54 heavy (non-hydrogen) atoms. The second-order valence-corrected chi connectivity index (χ2v) is 14.2. The van der Waals surface area contributed by atoms with Crippen LogP contribution in [-0.4, -0.2) is 84.2 Å². The molecule has 6 N–H and O–H groups in total. The Morgan fingerprint density at radius 1 is 0.648 bits per heavy atom. The molecule has 14 heteroatoms. The van der Waals surface area contributed by atoms with Crippen molar-refractivity contribution in [1.29, 1.82) is 0 Å². The molecular weight excluding hydrogens is 694 g/mol. The molecule has 0 heterocycles. The van der Waals surface area contributed by atoms with Crippen molar-refractivity contribution in [2.45, 2.75) is 117 Å². The highest BCUT2D eigenvalue weighted by Gasteiger charge is 2.34. The zero-order valence-electron chi connectivity index (χ0n) is 32.7. The van der Waals surface area contributed by atoms with Gasteiger partial charge in [-0.15, -0.1) is 0 Å². The maximum Gasteiger partial charge on any atom is 0.408 e. The first kappa shape index (κ1) is 45.2. The number of alkyl carbamates (subject to hydrolysis) is 1. The summed E-state index contributed by atoms with van der Waals surface area (Å²) in [6, 6.07) is 13.5. The number of carbonyl (C=O) groups excluding carboxylic acids is 6. The van der Waals surface area contributed by atoms with Gasteiger partial charge in [0.1, 0.15) is 30.8 Å². The SMILES string of the molecule is CCCC(C[C@H](O)[C@H](Cc1ccccc1)NC(=O)[C@H](C)NC(=O)[C@H](C)NC(=O)OCc1ccccc1)C(=O)N[C@@H](C(=O)NC(C(=O)OC)C(C)C)C(C)C. The van der Waals surface area contributed by atoms with Gasteiger partial charge in [-0.2, -0.15) is 0 Å². The summed E-state index contributed by atoms with van der Waals surface area (Å²) in [4.78, 5) is 77.9. The van der Waals surface area contributed by atoms with Gasteiger partial charge < -0.3 is 41.2 Å². The molecule has 0 saturated carbocycles. The maximum atomic E-state index is 13.7. The van der Waals surface area contributed by atoms with Crippen molar-refractivity contribution in [2.75, 3.05) is 7.11 Å². The third kappa shape index (κ3) is 15.2. The predicted molar refractivity (Wildman–Crippen MR) is 203 cm³/mol. The molecule has 7 atom stereocenters. The van der Waals surface area contributed by atoms with E-state index in [1.165, 1.54) is 21.0 Å². The number of aliphatic hydroxyl groups is 1. The van der Waals surface area contributed by atoms with E-state index >= 15 is 0 Å². The van der Waals surface area contributed by atoms with Gasteiger partial charge in [0.25, 0.3) is 0 Å². The molecule has 5 amide bonds. The monoisotopic (exact) mass is 753 g/mol. The summed E-state index contributed by atoms with van der Waals surface area (Å²) in [5.41, 5.74) is 1.60. The molecule has 0 aliphatic heterocycles. The molecule has 0 spiro atoms. The lowest BCUT2D eigenvalue weighted by atomic mass is 9.89. The molecular formula is C40H59N5O9. The van der Waals surface area contributed by atoms with Gasteiger partial charge in [0, 0.05) is 5.92 Å². The largest absolute Gasteiger partial charge is 0.467 e. The van der Waals surface area contributed by atoms with Crippen molar-refractivity contribution < 1.29 is 43.3 Å². The number of nitrogens with one attached hydrogen (secondary N) is 5. The fourth-order valence-corrected chi connectivity index (χ4v) is 5.70. The number of benzene rings is 2. The van der Waals surface area contributed by atoms with Gasteiger partial charge in [-0.25, -0.2) is 9.59 Å². The number of aliphatic hydroxyl groups excluding tert-OH is 1. The number of hydrogen-bond donors (Lipinski definition) is 6. The Bertz CT molecular complexity index is 1510. The van der Waals surface area contributed by atoms with E-state index in [0.717, 1.165) is 11.1 Å². The molecule has 0 fully saturated rings. The number of ether oxygens (including phenoxy) is 2. The fourth-order valence-electron chi connectivity index (χ4n) is 5.70. The highest BCUT2D eigenvalue weighted by atomic mass is 16.5. The number of hydrogen-bond acceptors (Lipinski definition) is 9.